The summed E-state index contributed by atoms with van der Waals surface area (Å²) >= 11 is 3.41. The van der Waals surface area contributed by atoms with Gasteiger partial charge in [-0.1, -0.05) is 11.3 Å². The van der Waals surface area contributed by atoms with E-state index in [4.69, 9.17) is 0 Å². The molecule has 20 heavy (non-hydrogen) atoms. The second kappa shape index (κ2) is 5.07. The van der Waals surface area contributed by atoms with E-state index in [2.05, 4.69) is 20.2 Å². The lowest BCUT2D eigenvalue weighted by Gasteiger charge is -2.17. The van der Waals surface area contributed by atoms with Gasteiger partial charge in [0.05, 0.1) is 0 Å². The van der Waals surface area contributed by atoms with Crippen molar-refractivity contribution in [3.63, 3.8) is 0 Å². The zero-order chi connectivity index (χ0) is 13.5. The molecule has 1 saturated carbocycles. The summed E-state index contributed by atoms with van der Waals surface area (Å²) in [5.74, 6) is 1.56. The molecule has 0 spiro atoms. The van der Waals surface area contributed by atoms with Gasteiger partial charge in [-0.2, -0.15) is 0 Å². The van der Waals surface area contributed by atoms with Crippen LogP contribution in [0.4, 0.5) is 0 Å². The predicted octanol–water partition coefficient (Wildman–Crippen LogP) is 3.54. The summed E-state index contributed by atoms with van der Waals surface area (Å²) < 4.78 is 1.03. The van der Waals surface area contributed by atoms with Gasteiger partial charge in [-0.25, -0.2) is 9.97 Å². The molecule has 0 bridgehead atoms. The molecule has 0 saturated heterocycles. The fraction of sp³-hybridized carbons (Fsp3) is 0.571. The van der Waals surface area contributed by atoms with Gasteiger partial charge >= 0.3 is 0 Å². The van der Waals surface area contributed by atoms with Gasteiger partial charge in [0.15, 0.2) is 4.34 Å². The maximum atomic E-state index is 4.64. The average Bonchev–Trinajstić information content (AvgIpc) is 3.19. The summed E-state index contributed by atoms with van der Waals surface area (Å²) in [7, 11) is 0. The molecule has 104 valence electrons. The average molecular weight is 304 g/mol. The largest absolute Gasteiger partial charge is 0.238 e. The van der Waals surface area contributed by atoms with Gasteiger partial charge in [0, 0.05) is 17.2 Å². The Morgan fingerprint density at radius 1 is 1.10 bits per heavy atom. The van der Waals surface area contributed by atoms with Crippen molar-refractivity contribution in [1.29, 1.82) is 0 Å². The van der Waals surface area contributed by atoms with Crippen LogP contribution in [0.25, 0.3) is 0 Å². The summed E-state index contributed by atoms with van der Waals surface area (Å²) in [6, 6.07) is 0. The van der Waals surface area contributed by atoms with Crippen LogP contribution >= 0.6 is 23.1 Å². The molecule has 0 aliphatic heterocycles. The summed E-state index contributed by atoms with van der Waals surface area (Å²) in [5, 5.41) is 10.9. The van der Waals surface area contributed by atoms with Crippen LogP contribution in [0, 0.1) is 6.92 Å². The minimum atomic E-state index is 0.683. The second-order valence-electron chi connectivity index (χ2n) is 5.49. The molecule has 4 rings (SSSR count). The fourth-order valence-corrected chi connectivity index (χ4v) is 4.77. The Morgan fingerprint density at radius 2 is 1.95 bits per heavy atom. The Morgan fingerprint density at radius 3 is 2.80 bits per heavy atom. The van der Waals surface area contributed by atoms with Crippen LogP contribution in [-0.4, -0.2) is 20.2 Å². The molecule has 1 fully saturated rings. The summed E-state index contributed by atoms with van der Waals surface area (Å²) in [6.45, 7) is 1.98. The third-order valence-corrected chi connectivity index (χ3v) is 5.96. The predicted molar refractivity (Wildman–Crippen MR) is 79.4 cm³/mol. The van der Waals surface area contributed by atoms with E-state index in [0.29, 0.717) is 5.92 Å². The Balaban J connectivity index is 1.65. The van der Waals surface area contributed by atoms with Crippen LogP contribution in [0.15, 0.2) is 9.37 Å². The zero-order valence-electron chi connectivity index (χ0n) is 11.4. The summed E-state index contributed by atoms with van der Waals surface area (Å²) in [6.07, 6.45) is 7.25. The van der Waals surface area contributed by atoms with Crippen LogP contribution < -0.4 is 0 Å². The molecule has 2 heterocycles. The van der Waals surface area contributed by atoms with E-state index < -0.39 is 0 Å². The van der Waals surface area contributed by atoms with Crippen molar-refractivity contribution in [2.75, 3.05) is 0 Å². The third kappa shape index (κ3) is 2.46. The Kier molecular flexibility index (Phi) is 3.22. The first-order valence-corrected chi connectivity index (χ1v) is 8.80. The highest BCUT2D eigenvalue weighted by molar-refractivity contribution is 8.01. The first-order chi connectivity index (χ1) is 9.79. The number of aryl methyl sites for hydroxylation is 2. The normalized spacial score (nSPS) is 18.1. The quantitative estimate of drug-likeness (QED) is 0.812. The van der Waals surface area contributed by atoms with Crippen LogP contribution in [0.1, 0.15) is 53.7 Å². The molecule has 2 aromatic heterocycles. The Labute approximate surface area is 126 Å². The van der Waals surface area contributed by atoms with Gasteiger partial charge in [0.2, 0.25) is 0 Å². The Bertz CT molecular complexity index is 649. The van der Waals surface area contributed by atoms with Crippen molar-refractivity contribution in [2.45, 2.75) is 60.7 Å². The maximum Gasteiger partial charge on any atom is 0.180 e. The van der Waals surface area contributed by atoms with Crippen molar-refractivity contribution >= 4 is 23.1 Å². The van der Waals surface area contributed by atoms with Crippen LogP contribution in [0.2, 0.25) is 0 Å². The number of hydrogen-bond acceptors (Lipinski definition) is 6. The molecule has 2 aliphatic rings. The molecule has 0 N–H and O–H groups in total. The van der Waals surface area contributed by atoms with E-state index in [0.717, 1.165) is 28.0 Å². The SMILES string of the molecule is Cc1nc2c(c(Sc3nnc(C4CC4)s3)n1)CCCC2. The molecule has 0 aromatic carbocycles. The third-order valence-electron chi connectivity index (χ3n) is 3.79. The molecule has 0 atom stereocenters. The minimum absolute atomic E-state index is 0.683. The number of hydrogen-bond donors (Lipinski definition) is 0. The second-order valence-corrected chi connectivity index (χ2v) is 7.74. The standard InChI is InChI=1S/C14H16N4S2/c1-8-15-11-5-3-2-4-10(11)13(16-8)20-14-18-17-12(19-14)9-6-7-9/h9H,2-7H2,1H3. The van der Waals surface area contributed by atoms with Crippen molar-refractivity contribution in [2.24, 2.45) is 0 Å². The monoisotopic (exact) mass is 304 g/mol. The molecule has 0 unspecified atom stereocenters. The number of nitrogens with zero attached hydrogens (tertiary/aromatic N) is 4. The van der Waals surface area contributed by atoms with Gasteiger partial charge in [0.1, 0.15) is 15.9 Å². The van der Waals surface area contributed by atoms with Gasteiger partial charge < -0.3 is 0 Å². The number of rotatable bonds is 3. The topological polar surface area (TPSA) is 51.6 Å². The van der Waals surface area contributed by atoms with Crippen LogP contribution in [-0.2, 0) is 12.8 Å². The summed E-state index contributed by atoms with van der Waals surface area (Å²) in [5.41, 5.74) is 2.59. The van der Waals surface area contributed by atoms with Crippen LogP contribution in [0.3, 0.4) is 0 Å². The van der Waals surface area contributed by atoms with E-state index in [9.17, 15) is 0 Å². The number of aromatic nitrogens is 4. The highest BCUT2D eigenvalue weighted by Gasteiger charge is 2.28. The van der Waals surface area contributed by atoms with E-state index in [-0.39, 0.29) is 0 Å². The lowest BCUT2D eigenvalue weighted by atomic mass is 9.97. The van der Waals surface area contributed by atoms with Crippen LogP contribution in [0.5, 0.6) is 0 Å². The van der Waals surface area contributed by atoms with Crippen molar-refractivity contribution < 1.29 is 0 Å². The maximum absolute atomic E-state index is 4.64. The molecule has 0 amide bonds. The lowest BCUT2D eigenvalue weighted by molar-refractivity contribution is 0.640. The molecular weight excluding hydrogens is 288 g/mol. The van der Waals surface area contributed by atoms with E-state index in [1.807, 2.05) is 6.92 Å². The highest BCUT2D eigenvalue weighted by atomic mass is 32.2. The minimum Gasteiger partial charge on any atom is -0.238 e. The molecular formula is C14H16N4S2. The molecule has 0 radical (unpaired) electrons. The van der Waals surface area contributed by atoms with Gasteiger partial charge in [0.25, 0.3) is 0 Å². The molecule has 4 nitrogen and oxygen atoms in total. The van der Waals surface area contributed by atoms with Crippen molar-refractivity contribution in [1.82, 2.24) is 20.2 Å². The van der Waals surface area contributed by atoms with Gasteiger partial charge in [-0.15, -0.1) is 10.2 Å². The van der Waals surface area contributed by atoms with E-state index in [1.165, 1.54) is 41.9 Å². The van der Waals surface area contributed by atoms with Gasteiger partial charge in [-0.05, 0) is 57.2 Å². The molecule has 2 aromatic rings. The first kappa shape index (κ1) is 12.7. The lowest BCUT2D eigenvalue weighted by Crippen LogP contribution is -2.10. The highest BCUT2D eigenvalue weighted by Crippen LogP contribution is 2.43. The Hall–Kier alpha value is -1.01. The molecule has 6 heteroatoms. The van der Waals surface area contributed by atoms with Gasteiger partial charge in [-0.3, -0.25) is 0 Å². The van der Waals surface area contributed by atoms with Crippen molar-refractivity contribution in [3.05, 3.63) is 22.1 Å². The molecule has 2 aliphatic carbocycles. The van der Waals surface area contributed by atoms with Crippen molar-refractivity contribution in [3.8, 4) is 0 Å². The smallest absolute Gasteiger partial charge is 0.180 e. The fourth-order valence-electron chi connectivity index (χ4n) is 2.60. The van der Waals surface area contributed by atoms with E-state index in [1.54, 1.807) is 23.1 Å². The first-order valence-electron chi connectivity index (χ1n) is 7.17. The summed E-state index contributed by atoms with van der Waals surface area (Å²) in [4.78, 5) is 9.24. The van der Waals surface area contributed by atoms with E-state index >= 15 is 0 Å². The zero-order valence-corrected chi connectivity index (χ0v) is 13.1. The number of fused-ring (bicyclic) bond motifs is 1.